The number of nitrogens with zero attached hydrogens (tertiary/aromatic N) is 2. The molecule has 0 aliphatic heterocycles. The van der Waals surface area contributed by atoms with Gasteiger partial charge >= 0.3 is 0 Å². The second-order valence-corrected chi connectivity index (χ2v) is 6.20. The van der Waals surface area contributed by atoms with Crippen LogP contribution < -0.4 is 0 Å². The molecule has 0 bridgehead atoms. The van der Waals surface area contributed by atoms with Crippen LogP contribution in [-0.2, 0) is 6.42 Å². The van der Waals surface area contributed by atoms with Crippen LogP contribution >= 0.6 is 0 Å². The summed E-state index contributed by atoms with van der Waals surface area (Å²) in [7, 11) is 0. The largest absolute Gasteiger partial charge is 0.360 e. The predicted molar refractivity (Wildman–Crippen MR) is 103 cm³/mol. The van der Waals surface area contributed by atoms with Gasteiger partial charge in [-0.3, -0.25) is 14.9 Å². The van der Waals surface area contributed by atoms with Gasteiger partial charge in [-0.25, -0.2) is 0 Å². The maximum atomic E-state index is 12.9. The number of H-pyrrole nitrogens is 1. The summed E-state index contributed by atoms with van der Waals surface area (Å²) in [5.74, 6) is -0.416. The Kier molecular flexibility index (Phi) is 4.86. The highest BCUT2D eigenvalue weighted by atomic mass is 16.6. The molecule has 6 nitrogen and oxygen atoms in total. The molecule has 134 valence electrons. The minimum absolute atomic E-state index is 0.0480. The first kappa shape index (κ1) is 18.1. The highest BCUT2D eigenvalue weighted by Gasteiger charge is 2.18. The van der Waals surface area contributed by atoms with Crippen LogP contribution in [0, 0.1) is 28.4 Å². The second kappa shape index (κ2) is 7.26. The first-order chi connectivity index (χ1) is 13.0. The molecule has 1 aromatic heterocycles. The number of allylic oxidation sites excluding steroid dienone is 1. The molecular weight excluding hydrogens is 342 g/mol. The molecule has 6 heteroatoms. The number of nitriles is 1. The zero-order valence-corrected chi connectivity index (χ0v) is 14.9. The van der Waals surface area contributed by atoms with Gasteiger partial charge in [0.05, 0.1) is 4.92 Å². The third-order valence-electron chi connectivity index (χ3n) is 4.53. The first-order valence-electron chi connectivity index (χ1n) is 8.46. The Morgan fingerprint density at radius 2 is 2.11 bits per heavy atom. The number of carbonyl (C=O) groups is 1. The van der Waals surface area contributed by atoms with Gasteiger partial charge in [-0.1, -0.05) is 37.3 Å². The Bertz CT molecular complexity index is 1130. The SMILES string of the molecule is CCc1cccc2c(C(=O)/C(C#N)=C/c3ccc(C)c([N+](=O)[O-])c3)c[nH]c12. The number of aromatic nitrogens is 1. The van der Waals surface area contributed by atoms with Gasteiger partial charge in [0.15, 0.2) is 0 Å². The standard InChI is InChI=1S/C21H17N3O3/c1-3-15-5-4-6-17-18(12-23-20(15)17)21(25)16(11-22)9-14-8-7-13(2)19(10-14)24(26)27/h4-10,12,23H,3H2,1-2H3/b16-9+. The lowest BCUT2D eigenvalue weighted by molar-refractivity contribution is -0.385. The topological polar surface area (TPSA) is 99.8 Å². The van der Waals surface area contributed by atoms with E-state index in [0.29, 0.717) is 16.7 Å². The fourth-order valence-corrected chi connectivity index (χ4v) is 3.07. The summed E-state index contributed by atoms with van der Waals surface area (Å²) < 4.78 is 0. The molecule has 3 aromatic rings. The van der Waals surface area contributed by atoms with Gasteiger partial charge in [0.1, 0.15) is 11.6 Å². The Morgan fingerprint density at radius 3 is 2.78 bits per heavy atom. The van der Waals surface area contributed by atoms with Crippen LogP contribution in [0.25, 0.3) is 17.0 Å². The number of hydrogen-bond donors (Lipinski definition) is 1. The van der Waals surface area contributed by atoms with Crippen LogP contribution in [0.1, 0.15) is 34.0 Å². The number of nitro benzene ring substituents is 1. The predicted octanol–water partition coefficient (Wildman–Crippen LogP) is 4.74. The van der Waals surface area contributed by atoms with Crippen LogP contribution in [0.5, 0.6) is 0 Å². The summed E-state index contributed by atoms with van der Waals surface area (Å²) >= 11 is 0. The minimum Gasteiger partial charge on any atom is -0.360 e. The molecule has 0 unspecified atom stereocenters. The number of benzene rings is 2. The highest BCUT2D eigenvalue weighted by Crippen LogP contribution is 2.26. The molecule has 1 N–H and O–H groups in total. The Balaban J connectivity index is 2.05. The lowest BCUT2D eigenvalue weighted by Crippen LogP contribution is -2.01. The van der Waals surface area contributed by atoms with Gasteiger partial charge < -0.3 is 4.98 Å². The van der Waals surface area contributed by atoms with Gasteiger partial charge in [0, 0.05) is 34.3 Å². The molecule has 0 saturated carbocycles. The van der Waals surface area contributed by atoms with E-state index in [9.17, 15) is 20.2 Å². The van der Waals surface area contributed by atoms with Gasteiger partial charge in [0.2, 0.25) is 5.78 Å². The number of para-hydroxylation sites is 1. The monoisotopic (exact) mass is 359 g/mol. The molecule has 0 radical (unpaired) electrons. The highest BCUT2D eigenvalue weighted by molar-refractivity contribution is 6.20. The molecule has 0 spiro atoms. The smallest absolute Gasteiger partial charge is 0.272 e. The fraction of sp³-hybridized carbons (Fsp3) is 0.143. The van der Waals surface area contributed by atoms with Crippen molar-refractivity contribution < 1.29 is 9.72 Å². The van der Waals surface area contributed by atoms with Crippen molar-refractivity contribution in [1.29, 1.82) is 5.26 Å². The average molecular weight is 359 g/mol. The quantitative estimate of drug-likeness (QED) is 0.234. The third-order valence-corrected chi connectivity index (χ3v) is 4.53. The molecule has 0 saturated heterocycles. The van der Waals surface area contributed by atoms with Crippen LogP contribution in [0.4, 0.5) is 5.69 Å². The van der Waals surface area contributed by atoms with E-state index in [1.54, 1.807) is 25.3 Å². The number of nitro groups is 1. The van der Waals surface area contributed by atoms with Crippen molar-refractivity contribution in [3.63, 3.8) is 0 Å². The zero-order valence-electron chi connectivity index (χ0n) is 14.9. The summed E-state index contributed by atoms with van der Waals surface area (Å²) in [6.07, 6.45) is 3.81. The lowest BCUT2D eigenvalue weighted by atomic mass is 9.99. The van der Waals surface area contributed by atoms with Crippen molar-refractivity contribution in [3.8, 4) is 6.07 Å². The number of fused-ring (bicyclic) bond motifs is 1. The molecule has 0 aliphatic rings. The summed E-state index contributed by atoms with van der Waals surface area (Å²) in [4.78, 5) is 26.6. The van der Waals surface area contributed by atoms with Gasteiger partial charge in [0.25, 0.3) is 5.69 Å². The molecule has 0 fully saturated rings. The Labute approximate surface area is 155 Å². The van der Waals surface area contributed by atoms with E-state index >= 15 is 0 Å². The molecule has 3 rings (SSSR count). The van der Waals surface area contributed by atoms with E-state index in [1.165, 1.54) is 12.1 Å². The molecule has 1 heterocycles. The van der Waals surface area contributed by atoms with E-state index in [-0.39, 0.29) is 11.3 Å². The average Bonchev–Trinajstić information content (AvgIpc) is 3.10. The number of aryl methyl sites for hydroxylation is 2. The van der Waals surface area contributed by atoms with Gasteiger partial charge in [-0.05, 0) is 30.5 Å². The van der Waals surface area contributed by atoms with Crippen LogP contribution in [0.3, 0.4) is 0 Å². The number of nitrogens with one attached hydrogen (secondary N) is 1. The second-order valence-electron chi connectivity index (χ2n) is 6.20. The summed E-state index contributed by atoms with van der Waals surface area (Å²) in [6.45, 7) is 3.67. The molecule has 0 amide bonds. The number of Topliss-reactive ketones (excluding diaryl/α,β-unsaturated/α-hetero) is 1. The summed E-state index contributed by atoms with van der Waals surface area (Å²) in [6, 6.07) is 12.2. The van der Waals surface area contributed by atoms with Crippen LogP contribution in [0.2, 0.25) is 0 Å². The summed E-state index contributed by atoms with van der Waals surface area (Å²) in [5, 5.41) is 21.3. The maximum absolute atomic E-state index is 12.9. The number of aromatic amines is 1. The Hall–Kier alpha value is -3.72. The maximum Gasteiger partial charge on any atom is 0.272 e. The van der Waals surface area contributed by atoms with E-state index < -0.39 is 10.7 Å². The third kappa shape index (κ3) is 3.35. The van der Waals surface area contributed by atoms with E-state index in [1.807, 2.05) is 31.2 Å². The number of hydrogen-bond acceptors (Lipinski definition) is 4. The molecule has 0 aliphatic carbocycles. The van der Waals surface area contributed by atoms with Gasteiger partial charge in [-0.2, -0.15) is 5.26 Å². The van der Waals surface area contributed by atoms with Crippen LogP contribution in [-0.4, -0.2) is 15.7 Å². The fourth-order valence-electron chi connectivity index (χ4n) is 3.07. The number of carbonyl (C=O) groups excluding carboxylic acids is 1. The van der Waals surface area contributed by atoms with Crippen molar-refractivity contribution in [1.82, 2.24) is 4.98 Å². The van der Waals surface area contributed by atoms with Crippen molar-refractivity contribution in [3.05, 3.63) is 80.5 Å². The normalized spacial score (nSPS) is 11.4. The molecule has 0 atom stereocenters. The Morgan fingerprint density at radius 1 is 1.33 bits per heavy atom. The van der Waals surface area contributed by atoms with Crippen molar-refractivity contribution in [2.45, 2.75) is 20.3 Å². The van der Waals surface area contributed by atoms with E-state index in [4.69, 9.17) is 0 Å². The molecule has 27 heavy (non-hydrogen) atoms. The van der Waals surface area contributed by atoms with Gasteiger partial charge in [-0.15, -0.1) is 0 Å². The zero-order chi connectivity index (χ0) is 19.6. The van der Waals surface area contributed by atoms with Crippen molar-refractivity contribution >= 4 is 28.4 Å². The van der Waals surface area contributed by atoms with E-state index in [0.717, 1.165) is 22.9 Å². The molecular formula is C21H17N3O3. The van der Waals surface area contributed by atoms with E-state index in [2.05, 4.69) is 4.98 Å². The van der Waals surface area contributed by atoms with Crippen molar-refractivity contribution in [2.75, 3.05) is 0 Å². The molecule has 2 aromatic carbocycles. The van der Waals surface area contributed by atoms with Crippen LogP contribution in [0.15, 0.2) is 48.2 Å². The minimum atomic E-state index is -0.480. The van der Waals surface area contributed by atoms with Crippen molar-refractivity contribution in [2.24, 2.45) is 0 Å². The first-order valence-corrected chi connectivity index (χ1v) is 8.46. The summed E-state index contributed by atoms with van der Waals surface area (Å²) in [5.41, 5.74) is 3.21. The lowest BCUT2D eigenvalue weighted by Gasteiger charge is -2.02. The number of rotatable bonds is 5. The number of ketones is 1.